The van der Waals surface area contributed by atoms with Crippen molar-refractivity contribution >= 4 is 11.8 Å². The highest BCUT2D eigenvalue weighted by atomic mass is 32.2. The van der Waals surface area contributed by atoms with Crippen LogP contribution in [0.15, 0.2) is 30.3 Å². The summed E-state index contributed by atoms with van der Waals surface area (Å²) < 4.78 is 0. The maximum absolute atomic E-state index is 9.68. The van der Waals surface area contributed by atoms with E-state index in [1.165, 1.54) is 11.3 Å². The molecule has 0 radical (unpaired) electrons. The average Bonchev–Trinajstić information content (AvgIpc) is 2.40. The molecule has 1 aromatic carbocycles. The van der Waals surface area contributed by atoms with Gasteiger partial charge in [-0.15, -0.1) is 0 Å². The minimum absolute atomic E-state index is 0.0850. The molecule has 0 amide bonds. The molecule has 0 saturated carbocycles. The summed E-state index contributed by atoms with van der Waals surface area (Å²) in [5.74, 6) is 2.71. The van der Waals surface area contributed by atoms with Gasteiger partial charge in [0.25, 0.3) is 0 Å². The number of rotatable bonds is 5. The van der Waals surface area contributed by atoms with Gasteiger partial charge in [-0.3, -0.25) is 0 Å². The lowest BCUT2D eigenvalue weighted by molar-refractivity contribution is 0.0377. The normalized spacial score (nSPS) is 25.2. The quantitative estimate of drug-likeness (QED) is 0.828. The van der Waals surface area contributed by atoms with Crippen LogP contribution in [0.4, 0.5) is 0 Å². The molecule has 0 spiro atoms. The van der Waals surface area contributed by atoms with Crippen LogP contribution in [0.3, 0.4) is 0 Å². The molecule has 2 nitrogen and oxygen atoms in total. The first-order chi connectivity index (χ1) is 8.75. The van der Waals surface area contributed by atoms with E-state index >= 15 is 0 Å². The molecule has 1 aliphatic rings. The van der Waals surface area contributed by atoms with Gasteiger partial charge in [-0.25, -0.2) is 0 Å². The number of likely N-dealkylation sites (tertiary alicyclic amines) is 1. The van der Waals surface area contributed by atoms with Crippen molar-refractivity contribution < 1.29 is 5.11 Å². The van der Waals surface area contributed by atoms with E-state index in [1.807, 2.05) is 11.8 Å². The molecule has 0 bridgehead atoms. The number of thioether (sulfide) groups is 1. The standard InChI is InChI=1S/C15H23NOS/c1-13-11-16(8-7-15(13)17)9-10-18-12-14-5-3-2-4-6-14/h2-6,13,15,17H,7-12H2,1H3/t13-,15-/m0/s1. The molecule has 0 aromatic heterocycles. The summed E-state index contributed by atoms with van der Waals surface area (Å²) in [6.45, 7) is 5.40. The molecular formula is C15H23NOS. The number of aliphatic hydroxyl groups excluding tert-OH is 1. The van der Waals surface area contributed by atoms with Crippen molar-refractivity contribution in [3.63, 3.8) is 0 Å². The summed E-state index contributed by atoms with van der Waals surface area (Å²) in [6.07, 6.45) is 0.850. The molecule has 1 aromatic rings. The van der Waals surface area contributed by atoms with Gasteiger partial charge in [0.05, 0.1) is 6.10 Å². The zero-order valence-electron chi connectivity index (χ0n) is 11.1. The van der Waals surface area contributed by atoms with Crippen molar-refractivity contribution in [2.75, 3.05) is 25.4 Å². The monoisotopic (exact) mass is 265 g/mol. The third kappa shape index (κ3) is 4.30. The molecule has 18 heavy (non-hydrogen) atoms. The fourth-order valence-corrected chi connectivity index (χ4v) is 3.34. The average molecular weight is 265 g/mol. The largest absolute Gasteiger partial charge is 0.393 e. The predicted octanol–water partition coefficient (Wildman–Crippen LogP) is 2.62. The van der Waals surface area contributed by atoms with Crippen LogP contribution in [0.25, 0.3) is 0 Å². The van der Waals surface area contributed by atoms with E-state index in [9.17, 15) is 5.11 Å². The molecule has 1 heterocycles. The van der Waals surface area contributed by atoms with E-state index in [-0.39, 0.29) is 6.10 Å². The molecule has 1 aliphatic heterocycles. The highest BCUT2D eigenvalue weighted by Crippen LogP contribution is 2.18. The number of aliphatic hydroxyl groups is 1. The van der Waals surface area contributed by atoms with Gasteiger partial charge >= 0.3 is 0 Å². The van der Waals surface area contributed by atoms with Gasteiger partial charge in [-0.1, -0.05) is 37.3 Å². The minimum Gasteiger partial charge on any atom is -0.393 e. The molecule has 3 heteroatoms. The second-order valence-corrected chi connectivity index (χ2v) is 6.28. The second-order valence-electron chi connectivity index (χ2n) is 5.17. The van der Waals surface area contributed by atoms with Crippen LogP contribution < -0.4 is 0 Å². The van der Waals surface area contributed by atoms with Crippen LogP contribution in [0, 0.1) is 5.92 Å². The maximum Gasteiger partial charge on any atom is 0.0590 e. The van der Waals surface area contributed by atoms with Gasteiger partial charge < -0.3 is 10.0 Å². The zero-order chi connectivity index (χ0) is 12.8. The van der Waals surface area contributed by atoms with Gasteiger partial charge in [0.2, 0.25) is 0 Å². The maximum atomic E-state index is 9.68. The molecule has 2 rings (SSSR count). The van der Waals surface area contributed by atoms with E-state index in [0.29, 0.717) is 5.92 Å². The number of piperidine rings is 1. The van der Waals surface area contributed by atoms with Gasteiger partial charge in [-0.2, -0.15) is 11.8 Å². The first-order valence-electron chi connectivity index (χ1n) is 6.78. The fourth-order valence-electron chi connectivity index (χ4n) is 2.38. The molecule has 100 valence electrons. The van der Waals surface area contributed by atoms with Crippen molar-refractivity contribution in [1.82, 2.24) is 4.90 Å². The molecule has 0 unspecified atom stereocenters. The third-order valence-electron chi connectivity index (χ3n) is 3.61. The molecule has 1 N–H and O–H groups in total. The van der Waals surface area contributed by atoms with Crippen molar-refractivity contribution in [2.45, 2.75) is 25.2 Å². The predicted molar refractivity (Wildman–Crippen MR) is 78.8 cm³/mol. The summed E-state index contributed by atoms with van der Waals surface area (Å²) >= 11 is 2.00. The van der Waals surface area contributed by atoms with E-state index in [2.05, 4.69) is 42.2 Å². The Kier molecular flexibility index (Phi) is 5.54. The molecule has 1 saturated heterocycles. The SMILES string of the molecule is C[C@H]1CN(CCSCc2ccccc2)CC[C@@H]1O. The minimum atomic E-state index is -0.0850. The summed E-state index contributed by atoms with van der Waals surface area (Å²) in [6, 6.07) is 10.6. The Labute approximate surface area is 114 Å². The summed E-state index contributed by atoms with van der Waals surface area (Å²) in [4.78, 5) is 2.48. The van der Waals surface area contributed by atoms with Crippen LogP contribution in [0.1, 0.15) is 18.9 Å². The van der Waals surface area contributed by atoms with E-state index in [0.717, 1.165) is 31.8 Å². The lowest BCUT2D eigenvalue weighted by Gasteiger charge is -2.34. The Bertz CT molecular complexity index is 344. The van der Waals surface area contributed by atoms with E-state index < -0.39 is 0 Å². The first-order valence-corrected chi connectivity index (χ1v) is 7.93. The van der Waals surface area contributed by atoms with Crippen LogP contribution in [0.5, 0.6) is 0 Å². The van der Waals surface area contributed by atoms with Gasteiger partial charge in [-0.05, 0) is 17.9 Å². The summed E-state index contributed by atoms with van der Waals surface area (Å²) in [7, 11) is 0. The molecule has 0 aliphatic carbocycles. The van der Waals surface area contributed by atoms with Crippen molar-refractivity contribution in [3.8, 4) is 0 Å². The zero-order valence-corrected chi connectivity index (χ0v) is 11.9. The Morgan fingerprint density at radius 3 is 2.83 bits per heavy atom. The Morgan fingerprint density at radius 1 is 1.33 bits per heavy atom. The fraction of sp³-hybridized carbons (Fsp3) is 0.600. The van der Waals surface area contributed by atoms with Gasteiger partial charge in [0, 0.05) is 31.1 Å². The highest BCUT2D eigenvalue weighted by Gasteiger charge is 2.23. The number of hydrogen-bond donors (Lipinski definition) is 1. The van der Waals surface area contributed by atoms with Crippen molar-refractivity contribution in [1.29, 1.82) is 0 Å². The Morgan fingerprint density at radius 2 is 2.11 bits per heavy atom. The van der Waals surface area contributed by atoms with Crippen LogP contribution in [-0.4, -0.2) is 41.5 Å². The van der Waals surface area contributed by atoms with Gasteiger partial charge in [0.15, 0.2) is 0 Å². The lowest BCUT2D eigenvalue weighted by Crippen LogP contribution is -2.42. The Hall–Kier alpha value is -0.510. The molecule has 2 atom stereocenters. The van der Waals surface area contributed by atoms with Crippen LogP contribution >= 0.6 is 11.8 Å². The Balaban J connectivity index is 1.61. The summed E-state index contributed by atoms with van der Waals surface area (Å²) in [5.41, 5.74) is 1.41. The second kappa shape index (κ2) is 7.17. The lowest BCUT2D eigenvalue weighted by atomic mass is 9.97. The van der Waals surface area contributed by atoms with E-state index in [1.54, 1.807) is 0 Å². The van der Waals surface area contributed by atoms with Crippen molar-refractivity contribution in [2.24, 2.45) is 5.92 Å². The number of nitrogens with zero attached hydrogens (tertiary/aromatic N) is 1. The first kappa shape index (κ1) is 13.9. The van der Waals surface area contributed by atoms with Crippen LogP contribution in [0.2, 0.25) is 0 Å². The topological polar surface area (TPSA) is 23.5 Å². The number of hydrogen-bond acceptors (Lipinski definition) is 3. The van der Waals surface area contributed by atoms with E-state index in [4.69, 9.17) is 0 Å². The smallest absolute Gasteiger partial charge is 0.0590 e. The molecular weight excluding hydrogens is 242 g/mol. The third-order valence-corrected chi connectivity index (χ3v) is 4.62. The van der Waals surface area contributed by atoms with Crippen molar-refractivity contribution in [3.05, 3.63) is 35.9 Å². The highest BCUT2D eigenvalue weighted by molar-refractivity contribution is 7.98. The van der Waals surface area contributed by atoms with Gasteiger partial charge in [0.1, 0.15) is 0 Å². The summed E-state index contributed by atoms with van der Waals surface area (Å²) in [5, 5.41) is 9.68. The molecule has 1 fully saturated rings. The number of benzene rings is 1. The van der Waals surface area contributed by atoms with Crippen LogP contribution in [-0.2, 0) is 5.75 Å².